The number of carboxylic acid groups (broad SMARTS) is 1. The maximum Gasteiger partial charge on any atom is 0.303 e. The molecule has 0 fully saturated rings. The van der Waals surface area contributed by atoms with Crippen LogP contribution in [-0.2, 0) is 17.8 Å². The third kappa shape index (κ3) is 4.60. The standard InChI is InChI=1S/C21H22N4O4/c1-2-10-25-17-8-6-13(7-9-18(26)27)11-16(17)23-21(25)24-20(29)15-5-3-4-14(12-15)19(22)28/h3-6,8,11-12H,2,7,9-10H2,1H3,(H2,22,28)(H,26,27)(H,23,24,29). The van der Waals surface area contributed by atoms with Gasteiger partial charge in [-0.3, -0.25) is 14.4 Å². The third-order valence-electron chi connectivity index (χ3n) is 4.53. The first-order valence-electron chi connectivity index (χ1n) is 9.31. The van der Waals surface area contributed by atoms with Gasteiger partial charge in [-0.2, -0.15) is 4.99 Å². The van der Waals surface area contributed by atoms with Crippen LogP contribution >= 0.6 is 0 Å². The number of nitrogens with two attached hydrogens (primary N) is 1. The second-order valence-electron chi connectivity index (χ2n) is 6.71. The Kier molecular flexibility index (Phi) is 5.92. The molecule has 0 radical (unpaired) electrons. The van der Waals surface area contributed by atoms with Crippen LogP contribution in [0.25, 0.3) is 11.0 Å². The molecular formula is C21H22N4O4. The minimum Gasteiger partial charge on any atom is -0.481 e. The molecule has 0 spiro atoms. The van der Waals surface area contributed by atoms with Crippen molar-refractivity contribution in [2.45, 2.75) is 32.7 Å². The highest BCUT2D eigenvalue weighted by molar-refractivity contribution is 5.99. The first kappa shape index (κ1) is 20.1. The second-order valence-corrected chi connectivity index (χ2v) is 6.71. The van der Waals surface area contributed by atoms with Gasteiger partial charge in [-0.25, -0.2) is 0 Å². The van der Waals surface area contributed by atoms with Gasteiger partial charge in [0.15, 0.2) is 0 Å². The van der Waals surface area contributed by atoms with E-state index in [1.165, 1.54) is 12.1 Å². The molecule has 0 saturated heterocycles. The Morgan fingerprint density at radius 3 is 2.59 bits per heavy atom. The number of fused-ring (bicyclic) bond motifs is 1. The molecule has 0 aliphatic rings. The molecule has 0 aliphatic heterocycles. The molecule has 0 aliphatic carbocycles. The van der Waals surface area contributed by atoms with Gasteiger partial charge in [-0.05, 0) is 48.7 Å². The van der Waals surface area contributed by atoms with Crippen LogP contribution < -0.4 is 11.4 Å². The number of H-pyrrole nitrogens is 1. The SMILES string of the molecule is CCCn1/c(=N/C(=O)c2cccc(C(N)=O)c2)[nH]c2cc(CCC(=O)O)ccc21. The maximum atomic E-state index is 12.6. The topological polar surface area (TPSA) is 131 Å². The number of hydrogen-bond acceptors (Lipinski definition) is 3. The number of hydrogen-bond donors (Lipinski definition) is 3. The average Bonchev–Trinajstić information content (AvgIpc) is 3.03. The highest BCUT2D eigenvalue weighted by atomic mass is 16.4. The van der Waals surface area contributed by atoms with E-state index in [0.717, 1.165) is 23.0 Å². The molecule has 150 valence electrons. The fourth-order valence-electron chi connectivity index (χ4n) is 3.13. The number of nitrogens with zero attached hydrogens (tertiary/aromatic N) is 2. The van der Waals surface area contributed by atoms with Gasteiger partial charge in [0.05, 0.1) is 11.0 Å². The Morgan fingerprint density at radius 1 is 1.14 bits per heavy atom. The van der Waals surface area contributed by atoms with E-state index < -0.39 is 17.8 Å². The van der Waals surface area contributed by atoms with Crippen molar-refractivity contribution in [1.82, 2.24) is 9.55 Å². The van der Waals surface area contributed by atoms with E-state index in [4.69, 9.17) is 10.8 Å². The Bertz CT molecular complexity index is 1160. The first-order chi connectivity index (χ1) is 13.9. The number of nitrogens with one attached hydrogen (secondary N) is 1. The van der Waals surface area contributed by atoms with Crippen molar-refractivity contribution in [1.29, 1.82) is 0 Å². The molecule has 1 aromatic heterocycles. The summed E-state index contributed by atoms with van der Waals surface area (Å²) in [7, 11) is 0. The molecule has 2 aromatic carbocycles. The number of imidazole rings is 1. The fraction of sp³-hybridized carbons (Fsp3) is 0.238. The normalized spacial score (nSPS) is 11.7. The summed E-state index contributed by atoms with van der Waals surface area (Å²) in [6.45, 7) is 2.68. The Balaban J connectivity index is 2.03. The van der Waals surface area contributed by atoms with Crippen LogP contribution in [0.2, 0.25) is 0 Å². The van der Waals surface area contributed by atoms with Gasteiger partial charge < -0.3 is 20.4 Å². The van der Waals surface area contributed by atoms with Gasteiger partial charge in [0, 0.05) is 24.1 Å². The van der Waals surface area contributed by atoms with Crippen molar-refractivity contribution < 1.29 is 19.5 Å². The predicted octanol–water partition coefficient (Wildman–Crippen LogP) is 2.24. The first-order valence-corrected chi connectivity index (χ1v) is 9.31. The fourth-order valence-corrected chi connectivity index (χ4v) is 3.13. The molecule has 0 unspecified atom stereocenters. The van der Waals surface area contributed by atoms with Crippen LogP contribution in [0.3, 0.4) is 0 Å². The van der Waals surface area contributed by atoms with E-state index in [2.05, 4.69) is 9.98 Å². The molecule has 0 bridgehead atoms. The summed E-state index contributed by atoms with van der Waals surface area (Å²) < 4.78 is 1.91. The van der Waals surface area contributed by atoms with Crippen LogP contribution in [0.15, 0.2) is 47.5 Å². The maximum absolute atomic E-state index is 12.6. The largest absolute Gasteiger partial charge is 0.481 e. The highest BCUT2D eigenvalue weighted by Crippen LogP contribution is 2.15. The van der Waals surface area contributed by atoms with Crippen molar-refractivity contribution in [2.24, 2.45) is 10.7 Å². The van der Waals surface area contributed by atoms with Gasteiger partial charge >= 0.3 is 5.97 Å². The number of carbonyl (C=O) groups is 3. The number of aryl methyl sites for hydroxylation is 2. The van der Waals surface area contributed by atoms with Gasteiger partial charge in [-0.1, -0.05) is 19.1 Å². The van der Waals surface area contributed by atoms with Crippen molar-refractivity contribution >= 4 is 28.8 Å². The van der Waals surface area contributed by atoms with Gasteiger partial charge in [0.25, 0.3) is 5.91 Å². The highest BCUT2D eigenvalue weighted by Gasteiger charge is 2.11. The van der Waals surface area contributed by atoms with E-state index in [1.54, 1.807) is 12.1 Å². The summed E-state index contributed by atoms with van der Waals surface area (Å²) in [6, 6.07) is 11.8. The summed E-state index contributed by atoms with van der Waals surface area (Å²) in [5.41, 5.74) is 8.73. The van der Waals surface area contributed by atoms with Crippen LogP contribution in [0.4, 0.5) is 0 Å². The molecule has 2 amide bonds. The number of amides is 2. The minimum absolute atomic E-state index is 0.0487. The Morgan fingerprint density at radius 2 is 1.90 bits per heavy atom. The lowest BCUT2D eigenvalue weighted by atomic mass is 10.1. The van der Waals surface area contributed by atoms with E-state index in [0.29, 0.717) is 18.6 Å². The van der Waals surface area contributed by atoms with Crippen LogP contribution in [0, 0.1) is 0 Å². The number of carbonyl (C=O) groups excluding carboxylic acids is 2. The van der Waals surface area contributed by atoms with E-state index in [1.807, 2.05) is 29.7 Å². The van der Waals surface area contributed by atoms with Gasteiger partial charge in [0.2, 0.25) is 11.5 Å². The number of aliphatic carboxylic acids is 1. The van der Waals surface area contributed by atoms with Crippen LogP contribution in [0.5, 0.6) is 0 Å². The Hall–Kier alpha value is -3.68. The molecule has 8 nitrogen and oxygen atoms in total. The number of carboxylic acids is 1. The smallest absolute Gasteiger partial charge is 0.303 e. The minimum atomic E-state index is -0.850. The van der Waals surface area contributed by atoms with E-state index in [9.17, 15) is 14.4 Å². The zero-order chi connectivity index (χ0) is 21.0. The molecule has 3 aromatic rings. The summed E-state index contributed by atoms with van der Waals surface area (Å²) in [4.78, 5) is 42.2. The third-order valence-corrected chi connectivity index (χ3v) is 4.53. The lowest BCUT2D eigenvalue weighted by Crippen LogP contribution is -2.21. The molecule has 8 heteroatoms. The van der Waals surface area contributed by atoms with Crippen LogP contribution in [-0.4, -0.2) is 32.4 Å². The van der Waals surface area contributed by atoms with Crippen molar-refractivity contribution in [2.75, 3.05) is 0 Å². The monoisotopic (exact) mass is 394 g/mol. The molecule has 1 heterocycles. The van der Waals surface area contributed by atoms with Crippen molar-refractivity contribution in [3.05, 3.63) is 64.8 Å². The molecule has 3 rings (SSSR count). The van der Waals surface area contributed by atoms with Crippen molar-refractivity contribution in [3.63, 3.8) is 0 Å². The number of benzene rings is 2. The quantitative estimate of drug-likeness (QED) is 0.567. The second kappa shape index (κ2) is 8.55. The number of primary amides is 1. The van der Waals surface area contributed by atoms with Gasteiger partial charge in [0.1, 0.15) is 0 Å². The number of rotatable bonds is 7. The summed E-state index contributed by atoms with van der Waals surface area (Å²) in [5.74, 6) is -1.95. The number of aromatic amines is 1. The van der Waals surface area contributed by atoms with Gasteiger partial charge in [-0.15, -0.1) is 0 Å². The summed E-state index contributed by atoms with van der Waals surface area (Å²) >= 11 is 0. The predicted molar refractivity (Wildman–Crippen MR) is 107 cm³/mol. The number of aromatic nitrogens is 2. The summed E-state index contributed by atoms with van der Waals surface area (Å²) in [5, 5.41) is 8.87. The zero-order valence-electron chi connectivity index (χ0n) is 16.0. The Labute approximate surface area is 166 Å². The van der Waals surface area contributed by atoms with E-state index in [-0.39, 0.29) is 17.5 Å². The molecule has 0 atom stereocenters. The lowest BCUT2D eigenvalue weighted by Gasteiger charge is -2.03. The molecular weight excluding hydrogens is 372 g/mol. The average molecular weight is 394 g/mol. The molecule has 0 saturated carbocycles. The molecule has 4 N–H and O–H groups in total. The lowest BCUT2D eigenvalue weighted by molar-refractivity contribution is -0.136. The van der Waals surface area contributed by atoms with Crippen LogP contribution in [0.1, 0.15) is 46.0 Å². The van der Waals surface area contributed by atoms with E-state index >= 15 is 0 Å². The zero-order valence-corrected chi connectivity index (χ0v) is 16.0. The summed E-state index contributed by atoms with van der Waals surface area (Å²) in [6.07, 6.45) is 1.31. The van der Waals surface area contributed by atoms with Crippen molar-refractivity contribution in [3.8, 4) is 0 Å². The molecule has 29 heavy (non-hydrogen) atoms.